The molecule has 0 saturated carbocycles. The van der Waals surface area contributed by atoms with E-state index >= 15 is 0 Å². The lowest BCUT2D eigenvalue weighted by molar-refractivity contribution is 0.177. The van der Waals surface area contributed by atoms with Gasteiger partial charge in [-0.05, 0) is 18.6 Å². The van der Waals surface area contributed by atoms with Crippen LogP contribution in [0.4, 0.5) is 4.79 Å². The van der Waals surface area contributed by atoms with E-state index in [-0.39, 0.29) is 12.1 Å². The molecule has 3 nitrogen and oxygen atoms in total. The van der Waals surface area contributed by atoms with Crippen LogP contribution in [-0.2, 0) is 11.2 Å². The van der Waals surface area contributed by atoms with Crippen molar-refractivity contribution in [2.75, 3.05) is 6.61 Å². The fourth-order valence-corrected chi connectivity index (χ4v) is 2.30. The van der Waals surface area contributed by atoms with Gasteiger partial charge in [0.1, 0.15) is 12.6 Å². The molecule has 1 atom stereocenters. The van der Waals surface area contributed by atoms with Crippen LogP contribution >= 0.6 is 11.3 Å². The number of hydrogen-bond acceptors (Lipinski definition) is 3. The van der Waals surface area contributed by atoms with Crippen molar-refractivity contribution in [3.8, 4) is 0 Å². The Morgan fingerprint density at radius 2 is 2.54 bits per heavy atom. The molecule has 2 rings (SSSR count). The van der Waals surface area contributed by atoms with E-state index in [4.69, 9.17) is 4.74 Å². The highest BCUT2D eigenvalue weighted by atomic mass is 32.1. The number of ether oxygens (including phenoxy) is 1. The molecule has 0 radical (unpaired) electrons. The number of alkyl carbamates (subject to hydrolysis) is 1. The minimum Gasteiger partial charge on any atom is -0.447 e. The van der Waals surface area contributed by atoms with Crippen LogP contribution in [0, 0.1) is 0 Å². The maximum atomic E-state index is 10.8. The van der Waals surface area contributed by atoms with Crippen molar-refractivity contribution in [1.82, 2.24) is 5.32 Å². The normalized spacial score (nSPS) is 21.3. The molecule has 0 unspecified atom stereocenters. The van der Waals surface area contributed by atoms with Crippen molar-refractivity contribution in [3.63, 3.8) is 0 Å². The van der Waals surface area contributed by atoms with Crippen molar-refractivity contribution >= 4 is 17.4 Å². The Morgan fingerprint density at radius 1 is 1.69 bits per heavy atom. The number of thiophene rings is 1. The van der Waals surface area contributed by atoms with Gasteiger partial charge < -0.3 is 10.1 Å². The predicted molar refractivity (Wildman–Crippen MR) is 50.9 cm³/mol. The first kappa shape index (κ1) is 8.56. The second-order valence-electron chi connectivity index (χ2n) is 2.95. The zero-order valence-electron chi connectivity index (χ0n) is 7.37. The average Bonchev–Trinajstić information content (AvgIpc) is 2.71. The summed E-state index contributed by atoms with van der Waals surface area (Å²) in [6, 6.07) is 4.23. The van der Waals surface area contributed by atoms with Crippen LogP contribution in [-0.4, -0.2) is 12.7 Å². The van der Waals surface area contributed by atoms with Crippen molar-refractivity contribution in [2.45, 2.75) is 19.4 Å². The van der Waals surface area contributed by atoms with Gasteiger partial charge in [0.25, 0.3) is 0 Å². The molecule has 1 aliphatic heterocycles. The predicted octanol–water partition coefficient (Wildman–Crippen LogP) is 2.09. The second-order valence-corrected chi connectivity index (χ2v) is 4.15. The molecule has 1 aliphatic rings. The summed E-state index contributed by atoms with van der Waals surface area (Å²) in [5, 5.41) is 2.76. The van der Waals surface area contributed by atoms with Crippen LogP contribution in [0.1, 0.15) is 22.7 Å². The van der Waals surface area contributed by atoms with E-state index in [0.717, 1.165) is 6.42 Å². The van der Waals surface area contributed by atoms with Crippen molar-refractivity contribution in [2.24, 2.45) is 0 Å². The van der Waals surface area contributed by atoms with E-state index in [1.807, 2.05) is 0 Å². The smallest absolute Gasteiger partial charge is 0.407 e. The molecule has 0 spiro atoms. The van der Waals surface area contributed by atoms with Crippen molar-refractivity contribution < 1.29 is 9.53 Å². The Balaban J connectivity index is 2.12. The molecule has 4 heteroatoms. The first-order valence-electron chi connectivity index (χ1n) is 4.31. The van der Waals surface area contributed by atoms with E-state index in [0.29, 0.717) is 6.61 Å². The standard InChI is InChI=1S/C9H11NO2S/c1-2-6-3-4-8(13-6)7-5-12-9(11)10-7/h3-4,7H,2,5H2,1H3,(H,10,11)/t7-/m1/s1. The molecule has 1 amide bonds. The van der Waals surface area contributed by atoms with Gasteiger partial charge in [-0.1, -0.05) is 6.92 Å². The second kappa shape index (κ2) is 3.38. The van der Waals surface area contributed by atoms with E-state index in [1.54, 1.807) is 11.3 Å². The maximum Gasteiger partial charge on any atom is 0.407 e. The lowest BCUT2D eigenvalue weighted by Crippen LogP contribution is -2.17. The highest BCUT2D eigenvalue weighted by molar-refractivity contribution is 7.12. The summed E-state index contributed by atoms with van der Waals surface area (Å²) in [7, 11) is 0. The molecule has 1 saturated heterocycles. The fraction of sp³-hybridized carbons (Fsp3) is 0.444. The van der Waals surface area contributed by atoms with Crippen LogP contribution in [0.3, 0.4) is 0 Å². The molecule has 1 aromatic rings. The number of amides is 1. The SMILES string of the molecule is CCc1ccc([C@H]2COC(=O)N2)s1. The quantitative estimate of drug-likeness (QED) is 0.788. The van der Waals surface area contributed by atoms with Gasteiger partial charge in [0.2, 0.25) is 0 Å². The Bertz CT molecular complexity index is 321. The van der Waals surface area contributed by atoms with E-state index in [9.17, 15) is 4.79 Å². The Hall–Kier alpha value is -1.03. The molecule has 2 heterocycles. The third-order valence-electron chi connectivity index (χ3n) is 2.05. The Labute approximate surface area is 80.7 Å². The molecule has 1 aromatic heterocycles. The zero-order chi connectivity index (χ0) is 9.26. The summed E-state index contributed by atoms with van der Waals surface area (Å²) in [5.74, 6) is 0. The van der Waals surface area contributed by atoms with Crippen LogP contribution in [0.15, 0.2) is 12.1 Å². The topological polar surface area (TPSA) is 38.3 Å². The monoisotopic (exact) mass is 197 g/mol. The maximum absolute atomic E-state index is 10.8. The lowest BCUT2D eigenvalue weighted by atomic mass is 10.2. The first-order valence-corrected chi connectivity index (χ1v) is 5.13. The summed E-state index contributed by atoms with van der Waals surface area (Å²) < 4.78 is 4.82. The van der Waals surface area contributed by atoms with Gasteiger partial charge in [0.15, 0.2) is 0 Å². The first-order chi connectivity index (χ1) is 6.29. The number of carbonyl (C=O) groups is 1. The Kier molecular flexibility index (Phi) is 2.22. The molecule has 1 fully saturated rings. The van der Waals surface area contributed by atoms with Crippen LogP contribution in [0.5, 0.6) is 0 Å². The average molecular weight is 197 g/mol. The summed E-state index contributed by atoms with van der Waals surface area (Å²) in [5.41, 5.74) is 0. The number of carbonyl (C=O) groups excluding carboxylic acids is 1. The summed E-state index contributed by atoms with van der Waals surface area (Å²) >= 11 is 1.74. The number of rotatable bonds is 2. The molecule has 0 bridgehead atoms. The molecular weight excluding hydrogens is 186 g/mol. The zero-order valence-corrected chi connectivity index (χ0v) is 8.19. The highest BCUT2D eigenvalue weighted by Gasteiger charge is 2.24. The van der Waals surface area contributed by atoms with E-state index in [2.05, 4.69) is 24.4 Å². The molecule has 0 aliphatic carbocycles. The number of nitrogens with one attached hydrogen (secondary N) is 1. The molecule has 0 aromatic carbocycles. The largest absolute Gasteiger partial charge is 0.447 e. The molecular formula is C9H11NO2S. The molecule has 13 heavy (non-hydrogen) atoms. The van der Waals surface area contributed by atoms with Gasteiger partial charge in [-0.2, -0.15) is 0 Å². The minimum absolute atomic E-state index is 0.0674. The van der Waals surface area contributed by atoms with Gasteiger partial charge in [0, 0.05) is 9.75 Å². The van der Waals surface area contributed by atoms with Crippen LogP contribution < -0.4 is 5.32 Å². The van der Waals surface area contributed by atoms with Gasteiger partial charge in [-0.25, -0.2) is 4.79 Å². The van der Waals surface area contributed by atoms with E-state index < -0.39 is 0 Å². The minimum atomic E-state index is -0.309. The van der Waals surface area contributed by atoms with Crippen molar-refractivity contribution in [3.05, 3.63) is 21.9 Å². The third kappa shape index (κ3) is 1.67. The van der Waals surface area contributed by atoms with Gasteiger partial charge in [-0.3, -0.25) is 0 Å². The van der Waals surface area contributed by atoms with Gasteiger partial charge >= 0.3 is 6.09 Å². The molecule has 1 N–H and O–H groups in total. The van der Waals surface area contributed by atoms with Crippen LogP contribution in [0.2, 0.25) is 0 Å². The third-order valence-corrected chi connectivity index (χ3v) is 3.39. The van der Waals surface area contributed by atoms with Gasteiger partial charge in [0.05, 0.1) is 0 Å². The van der Waals surface area contributed by atoms with Crippen molar-refractivity contribution in [1.29, 1.82) is 0 Å². The van der Waals surface area contributed by atoms with Crippen LogP contribution in [0.25, 0.3) is 0 Å². The summed E-state index contributed by atoms with van der Waals surface area (Å²) in [6.07, 6.45) is 0.739. The summed E-state index contributed by atoms with van der Waals surface area (Å²) in [4.78, 5) is 13.3. The number of aryl methyl sites for hydroxylation is 1. The summed E-state index contributed by atoms with van der Waals surface area (Å²) in [6.45, 7) is 2.59. The fourth-order valence-electron chi connectivity index (χ4n) is 1.31. The lowest BCUT2D eigenvalue weighted by Gasteiger charge is -2.01. The molecule has 70 valence electrons. The van der Waals surface area contributed by atoms with Gasteiger partial charge in [-0.15, -0.1) is 11.3 Å². The van der Waals surface area contributed by atoms with E-state index in [1.165, 1.54) is 9.75 Å². The Morgan fingerprint density at radius 3 is 3.08 bits per heavy atom. The number of cyclic esters (lactones) is 1. The number of hydrogen-bond donors (Lipinski definition) is 1. The highest BCUT2D eigenvalue weighted by Crippen LogP contribution is 2.26.